The third kappa shape index (κ3) is 5.29. The summed E-state index contributed by atoms with van der Waals surface area (Å²) in [4.78, 5) is 25.1. The second kappa shape index (κ2) is 9.56. The number of carbonyl (C=O) groups excluding carboxylic acids is 2. The largest absolute Gasteiger partial charge is 0.464 e. The van der Waals surface area contributed by atoms with Crippen molar-refractivity contribution in [3.05, 3.63) is 18.0 Å². The minimum Gasteiger partial charge on any atom is -0.464 e. The number of aryl methyl sites for hydroxylation is 1. The average molecular weight is 351 g/mol. The zero-order valence-corrected chi connectivity index (χ0v) is 15.1. The van der Waals surface area contributed by atoms with Gasteiger partial charge in [0, 0.05) is 19.3 Å². The topological polar surface area (TPSA) is 93.5 Å². The van der Waals surface area contributed by atoms with Gasteiger partial charge in [0.25, 0.3) is 5.91 Å². The van der Waals surface area contributed by atoms with Gasteiger partial charge in [-0.3, -0.25) is 9.48 Å². The van der Waals surface area contributed by atoms with E-state index in [2.05, 4.69) is 17.3 Å². The maximum Gasteiger partial charge on any atom is 0.328 e. The lowest BCUT2D eigenvalue weighted by Gasteiger charge is -2.31. The number of aliphatic hydroxyl groups excluding tert-OH is 1. The Kier molecular flexibility index (Phi) is 7.43. The summed E-state index contributed by atoms with van der Waals surface area (Å²) in [5.41, 5.74) is 0.395. The Morgan fingerprint density at radius 2 is 2.12 bits per heavy atom. The summed E-state index contributed by atoms with van der Waals surface area (Å²) in [5, 5.41) is 15.9. The summed E-state index contributed by atoms with van der Waals surface area (Å²) in [6, 6.07) is 0.999. The van der Waals surface area contributed by atoms with Crippen molar-refractivity contribution in [2.45, 2.75) is 58.5 Å². The highest BCUT2D eigenvalue weighted by Gasteiger charge is 2.34. The molecule has 1 atom stereocenters. The first kappa shape index (κ1) is 19.4. The predicted molar refractivity (Wildman–Crippen MR) is 92.9 cm³/mol. The Balaban J connectivity index is 2.09. The number of nitrogens with zero attached hydrogens (tertiary/aromatic N) is 2. The molecule has 0 unspecified atom stereocenters. The van der Waals surface area contributed by atoms with Crippen LogP contribution in [0.4, 0.5) is 0 Å². The lowest BCUT2D eigenvalue weighted by molar-refractivity contribution is -0.147. The van der Waals surface area contributed by atoms with Gasteiger partial charge in [-0.05, 0) is 44.1 Å². The van der Waals surface area contributed by atoms with E-state index >= 15 is 0 Å². The molecule has 1 amide bonds. The number of carbonyl (C=O) groups is 2. The van der Waals surface area contributed by atoms with Gasteiger partial charge >= 0.3 is 5.97 Å². The van der Waals surface area contributed by atoms with Gasteiger partial charge in [0.1, 0.15) is 11.7 Å². The Labute approximate surface area is 148 Å². The molecule has 1 fully saturated rings. The lowest BCUT2D eigenvalue weighted by atomic mass is 9.79. The Bertz CT molecular complexity index is 564. The van der Waals surface area contributed by atoms with Crippen LogP contribution in [0.2, 0.25) is 0 Å². The molecule has 0 aromatic carbocycles. The van der Waals surface area contributed by atoms with Crippen molar-refractivity contribution in [2.24, 2.45) is 11.8 Å². The third-order valence-electron chi connectivity index (χ3n) is 4.84. The van der Waals surface area contributed by atoms with Crippen LogP contribution in [0.15, 0.2) is 12.3 Å². The molecule has 1 aliphatic rings. The van der Waals surface area contributed by atoms with Gasteiger partial charge < -0.3 is 15.2 Å². The van der Waals surface area contributed by atoms with Gasteiger partial charge in [0.15, 0.2) is 0 Å². The monoisotopic (exact) mass is 351 g/mol. The number of esters is 1. The number of hydrogen-bond acceptors (Lipinski definition) is 5. The van der Waals surface area contributed by atoms with Crippen LogP contribution in [0.1, 0.15) is 56.4 Å². The molecule has 2 N–H and O–H groups in total. The number of aromatic nitrogens is 2. The fourth-order valence-electron chi connectivity index (χ4n) is 3.36. The zero-order chi connectivity index (χ0) is 18.2. The van der Waals surface area contributed by atoms with Crippen molar-refractivity contribution >= 4 is 11.9 Å². The quantitative estimate of drug-likeness (QED) is 0.696. The number of aliphatic hydroxyl groups is 1. The predicted octanol–water partition coefficient (Wildman–Crippen LogP) is 1.75. The van der Waals surface area contributed by atoms with Crippen LogP contribution >= 0.6 is 0 Å². The van der Waals surface area contributed by atoms with E-state index in [1.807, 2.05) is 0 Å². The lowest BCUT2D eigenvalue weighted by Crippen LogP contribution is -2.48. The highest BCUT2D eigenvalue weighted by Crippen LogP contribution is 2.31. The van der Waals surface area contributed by atoms with Crippen LogP contribution in [0.5, 0.6) is 0 Å². The van der Waals surface area contributed by atoms with Crippen molar-refractivity contribution in [1.82, 2.24) is 15.1 Å². The van der Waals surface area contributed by atoms with Crippen LogP contribution in [-0.2, 0) is 16.1 Å². The normalized spacial score (nSPS) is 21.6. The van der Waals surface area contributed by atoms with E-state index in [9.17, 15) is 9.59 Å². The standard InChI is InChI=1S/C18H29N3O4/c1-3-25-18(24)16(14-7-5-13(2)6-8-14)20-17(23)15-9-10-19-21(15)11-4-12-22/h9-10,13-14,16,22H,3-8,11-12H2,1-2H3,(H,20,23)/t13-,14-,16-/m0/s1. The summed E-state index contributed by atoms with van der Waals surface area (Å²) >= 11 is 0. The number of nitrogens with one attached hydrogen (secondary N) is 1. The number of hydrogen-bond donors (Lipinski definition) is 2. The first-order valence-corrected chi connectivity index (χ1v) is 9.17. The molecule has 140 valence electrons. The molecule has 1 saturated carbocycles. The number of amides is 1. The molecule has 2 rings (SSSR count). The molecule has 0 aliphatic heterocycles. The second-order valence-electron chi connectivity index (χ2n) is 6.74. The van der Waals surface area contributed by atoms with Gasteiger partial charge in [-0.15, -0.1) is 0 Å². The number of ether oxygens (including phenoxy) is 1. The Morgan fingerprint density at radius 1 is 1.40 bits per heavy atom. The van der Waals surface area contributed by atoms with Gasteiger partial charge in [0.05, 0.1) is 6.61 Å². The van der Waals surface area contributed by atoms with Crippen LogP contribution in [0.25, 0.3) is 0 Å². The molecule has 0 radical (unpaired) electrons. The minimum atomic E-state index is -0.624. The molecule has 1 aliphatic carbocycles. The van der Waals surface area contributed by atoms with E-state index in [-0.39, 0.29) is 24.4 Å². The van der Waals surface area contributed by atoms with Crippen molar-refractivity contribution in [2.75, 3.05) is 13.2 Å². The summed E-state index contributed by atoms with van der Waals surface area (Å²) in [7, 11) is 0. The molecule has 7 nitrogen and oxygen atoms in total. The van der Waals surface area contributed by atoms with Gasteiger partial charge in [-0.25, -0.2) is 4.79 Å². The first-order chi connectivity index (χ1) is 12.1. The maximum atomic E-state index is 12.7. The van der Waals surface area contributed by atoms with E-state index in [1.165, 1.54) is 0 Å². The Morgan fingerprint density at radius 3 is 2.76 bits per heavy atom. The maximum absolute atomic E-state index is 12.7. The van der Waals surface area contributed by atoms with E-state index < -0.39 is 6.04 Å². The van der Waals surface area contributed by atoms with Crippen LogP contribution < -0.4 is 5.32 Å². The fraction of sp³-hybridized carbons (Fsp3) is 0.722. The van der Waals surface area contributed by atoms with E-state index in [0.29, 0.717) is 31.2 Å². The van der Waals surface area contributed by atoms with Crippen LogP contribution in [0, 0.1) is 11.8 Å². The van der Waals surface area contributed by atoms with E-state index in [4.69, 9.17) is 9.84 Å². The second-order valence-corrected chi connectivity index (χ2v) is 6.74. The van der Waals surface area contributed by atoms with Gasteiger partial charge in [0.2, 0.25) is 0 Å². The molecule has 7 heteroatoms. The molecule has 1 aromatic heterocycles. The summed E-state index contributed by atoms with van der Waals surface area (Å²) in [5.74, 6) is 0.0756. The molecular weight excluding hydrogens is 322 g/mol. The SMILES string of the molecule is CCOC(=O)[C@@H](NC(=O)c1ccnn1CCCO)[C@H]1CC[C@H](C)CC1. The number of rotatable bonds is 8. The summed E-state index contributed by atoms with van der Waals surface area (Å²) < 4.78 is 6.74. The third-order valence-corrected chi connectivity index (χ3v) is 4.84. The van der Waals surface area contributed by atoms with Gasteiger partial charge in [-0.2, -0.15) is 5.10 Å². The summed E-state index contributed by atoms with van der Waals surface area (Å²) in [6.07, 6.45) is 6.01. The van der Waals surface area contributed by atoms with Crippen molar-refractivity contribution in [3.63, 3.8) is 0 Å². The van der Waals surface area contributed by atoms with Crippen molar-refractivity contribution in [3.8, 4) is 0 Å². The van der Waals surface area contributed by atoms with Crippen molar-refractivity contribution < 1.29 is 19.4 Å². The highest BCUT2D eigenvalue weighted by atomic mass is 16.5. The van der Waals surface area contributed by atoms with Crippen LogP contribution in [0.3, 0.4) is 0 Å². The molecular formula is C18H29N3O4. The molecule has 0 saturated heterocycles. The van der Waals surface area contributed by atoms with Crippen LogP contribution in [-0.4, -0.2) is 46.0 Å². The molecule has 1 heterocycles. The fourth-order valence-corrected chi connectivity index (χ4v) is 3.36. The smallest absolute Gasteiger partial charge is 0.328 e. The summed E-state index contributed by atoms with van der Waals surface area (Å²) in [6.45, 7) is 4.77. The molecule has 1 aromatic rings. The molecule has 0 bridgehead atoms. The first-order valence-electron chi connectivity index (χ1n) is 9.17. The average Bonchev–Trinajstić information content (AvgIpc) is 3.07. The Hall–Kier alpha value is -1.89. The highest BCUT2D eigenvalue weighted by molar-refractivity contribution is 5.95. The zero-order valence-electron chi connectivity index (χ0n) is 15.1. The van der Waals surface area contributed by atoms with Gasteiger partial charge in [-0.1, -0.05) is 19.8 Å². The minimum absolute atomic E-state index is 0.0344. The van der Waals surface area contributed by atoms with Crippen molar-refractivity contribution in [1.29, 1.82) is 0 Å². The molecule has 25 heavy (non-hydrogen) atoms. The molecule has 0 spiro atoms. The van der Waals surface area contributed by atoms with E-state index in [1.54, 1.807) is 23.9 Å². The van der Waals surface area contributed by atoms with E-state index in [0.717, 1.165) is 25.7 Å².